The lowest BCUT2D eigenvalue weighted by atomic mass is 9.89. The van der Waals surface area contributed by atoms with Gasteiger partial charge < -0.3 is 14.8 Å². The van der Waals surface area contributed by atoms with Gasteiger partial charge >= 0.3 is 0 Å². The van der Waals surface area contributed by atoms with Crippen LogP contribution in [0.1, 0.15) is 25.3 Å². The van der Waals surface area contributed by atoms with Gasteiger partial charge in [-0.3, -0.25) is 4.79 Å². The van der Waals surface area contributed by atoms with Crippen LogP contribution in [0.15, 0.2) is 24.3 Å². The van der Waals surface area contributed by atoms with Gasteiger partial charge in [-0.2, -0.15) is 0 Å². The molecule has 110 valence electrons. The second-order valence-electron chi connectivity index (χ2n) is 5.85. The summed E-state index contributed by atoms with van der Waals surface area (Å²) in [6, 6.07) is 7.94. The molecule has 0 saturated carbocycles. The summed E-state index contributed by atoms with van der Waals surface area (Å²) in [5.41, 5.74) is 1.35. The number of nitrogens with one attached hydrogen (secondary N) is 1. The molecule has 0 aromatic heterocycles. The summed E-state index contributed by atoms with van der Waals surface area (Å²) in [7, 11) is 0. The lowest BCUT2D eigenvalue weighted by Gasteiger charge is -2.38. The van der Waals surface area contributed by atoms with Crippen LogP contribution in [0.4, 0.5) is 0 Å². The van der Waals surface area contributed by atoms with Gasteiger partial charge in [-0.1, -0.05) is 24.6 Å². The largest absolute Gasteiger partial charge is 0.494 e. The Hall–Kier alpha value is -1.55. The van der Waals surface area contributed by atoms with E-state index in [1.165, 1.54) is 5.56 Å². The maximum atomic E-state index is 11.7. The fraction of sp³-hybridized carbons (Fsp3) is 0.562. The van der Waals surface area contributed by atoms with E-state index in [1.807, 2.05) is 31.2 Å². The highest BCUT2D eigenvalue weighted by Crippen LogP contribution is 2.25. The van der Waals surface area contributed by atoms with Crippen molar-refractivity contribution in [1.29, 1.82) is 0 Å². The Labute approximate surface area is 120 Å². The van der Waals surface area contributed by atoms with Crippen LogP contribution in [0.25, 0.3) is 0 Å². The Kier molecular flexibility index (Phi) is 5.01. The molecule has 1 aliphatic rings. The van der Waals surface area contributed by atoms with Gasteiger partial charge in [0.25, 0.3) is 0 Å². The first-order chi connectivity index (χ1) is 9.57. The topological polar surface area (TPSA) is 47.6 Å². The Bertz CT molecular complexity index is 438. The molecule has 1 fully saturated rings. The monoisotopic (exact) mass is 277 g/mol. The maximum absolute atomic E-state index is 11.7. The summed E-state index contributed by atoms with van der Waals surface area (Å²) in [4.78, 5) is 11.7. The van der Waals surface area contributed by atoms with Crippen LogP contribution in [0.3, 0.4) is 0 Å². The second-order valence-corrected chi connectivity index (χ2v) is 5.85. The van der Waals surface area contributed by atoms with E-state index >= 15 is 0 Å². The number of aryl methyl sites for hydroxylation is 1. The Balaban J connectivity index is 1.56. The van der Waals surface area contributed by atoms with E-state index in [-0.39, 0.29) is 11.3 Å². The van der Waals surface area contributed by atoms with Gasteiger partial charge in [0, 0.05) is 18.4 Å². The summed E-state index contributed by atoms with van der Waals surface area (Å²) < 4.78 is 10.7. The van der Waals surface area contributed by atoms with Crippen molar-refractivity contribution in [2.24, 2.45) is 5.41 Å². The highest BCUT2D eigenvalue weighted by Gasteiger charge is 2.33. The molecule has 0 unspecified atom stereocenters. The number of amides is 1. The molecular weight excluding hydrogens is 254 g/mol. The van der Waals surface area contributed by atoms with E-state index in [0.717, 1.165) is 25.4 Å². The van der Waals surface area contributed by atoms with E-state index in [9.17, 15) is 4.79 Å². The third kappa shape index (κ3) is 4.53. The van der Waals surface area contributed by atoms with Crippen LogP contribution in [0.5, 0.6) is 5.75 Å². The highest BCUT2D eigenvalue weighted by molar-refractivity contribution is 5.75. The fourth-order valence-corrected chi connectivity index (χ4v) is 2.01. The molecule has 1 aromatic rings. The van der Waals surface area contributed by atoms with Crippen LogP contribution in [-0.4, -0.2) is 32.3 Å². The lowest BCUT2D eigenvalue weighted by molar-refractivity contribution is -0.127. The maximum Gasteiger partial charge on any atom is 0.220 e. The number of carbonyl (C=O) groups is 1. The second kappa shape index (κ2) is 6.75. The molecule has 0 radical (unpaired) electrons. The van der Waals surface area contributed by atoms with E-state index in [2.05, 4.69) is 12.2 Å². The minimum atomic E-state index is 0.0885. The number of rotatable bonds is 7. The van der Waals surface area contributed by atoms with E-state index in [1.54, 1.807) is 0 Å². The SMILES string of the molecule is Cc1ccc(OCCCC(=O)NCC2(C)COC2)cc1. The molecule has 1 aliphatic heterocycles. The smallest absolute Gasteiger partial charge is 0.220 e. The minimum absolute atomic E-state index is 0.0885. The predicted octanol–water partition coefficient (Wildman–Crippen LogP) is 2.31. The van der Waals surface area contributed by atoms with Gasteiger partial charge in [-0.05, 0) is 25.5 Å². The molecular formula is C16H23NO3. The van der Waals surface area contributed by atoms with Crippen LogP contribution < -0.4 is 10.1 Å². The number of hydrogen-bond acceptors (Lipinski definition) is 3. The van der Waals surface area contributed by atoms with Gasteiger partial charge in [0.2, 0.25) is 5.91 Å². The molecule has 0 spiro atoms. The molecule has 4 nitrogen and oxygen atoms in total. The molecule has 0 aliphatic carbocycles. The van der Waals surface area contributed by atoms with Crippen molar-refractivity contribution in [3.63, 3.8) is 0 Å². The van der Waals surface area contributed by atoms with Crippen molar-refractivity contribution in [3.05, 3.63) is 29.8 Å². The average molecular weight is 277 g/mol. The molecule has 20 heavy (non-hydrogen) atoms. The van der Waals surface area contributed by atoms with Crippen LogP contribution >= 0.6 is 0 Å². The molecule has 4 heteroatoms. The molecule has 1 N–H and O–H groups in total. The fourth-order valence-electron chi connectivity index (χ4n) is 2.01. The minimum Gasteiger partial charge on any atom is -0.494 e. The van der Waals surface area contributed by atoms with E-state index < -0.39 is 0 Å². The summed E-state index contributed by atoms with van der Waals surface area (Å²) in [5, 5.41) is 2.96. The van der Waals surface area contributed by atoms with Gasteiger partial charge in [0.15, 0.2) is 0 Å². The number of ether oxygens (including phenoxy) is 2. The van der Waals surface area contributed by atoms with Crippen LogP contribution in [-0.2, 0) is 9.53 Å². The van der Waals surface area contributed by atoms with Crippen molar-refractivity contribution in [2.45, 2.75) is 26.7 Å². The highest BCUT2D eigenvalue weighted by atomic mass is 16.5. The zero-order valence-corrected chi connectivity index (χ0v) is 12.3. The van der Waals surface area contributed by atoms with Crippen molar-refractivity contribution in [3.8, 4) is 5.75 Å². The molecule has 1 amide bonds. The summed E-state index contributed by atoms with van der Waals surface area (Å²) in [5.74, 6) is 0.945. The third-order valence-electron chi connectivity index (χ3n) is 3.45. The molecule has 1 aromatic carbocycles. The van der Waals surface area contributed by atoms with Crippen molar-refractivity contribution < 1.29 is 14.3 Å². The molecule has 0 atom stereocenters. The van der Waals surface area contributed by atoms with Crippen LogP contribution in [0.2, 0.25) is 0 Å². The van der Waals surface area contributed by atoms with Gasteiger partial charge in [0.1, 0.15) is 5.75 Å². The van der Waals surface area contributed by atoms with Gasteiger partial charge in [0.05, 0.1) is 19.8 Å². The van der Waals surface area contributed by atoms with Crippen molar-refractivity contribution in [1.82, 2.24) is 5.32 Å². The lowest BCUT2D eigenvalue weighted by Crippen LogP contribution is -2.48. The molecule has 0 bridgehead atoms. The summed E-state index contributed by atoms with van der Waals surface area (Å²) >= 11 is 0. The van der Waals surface area contributed by atoms with E-state index in [4.69, 9.17) is 9.47 Å². The summed E-state index contributed by atoms with van der Waals surface area (Å²) in [6.07, 6.45) is 1.23. The number of carbonyl (C=O) groups excluding carboxylic acids is 1. The Morgan fingerprint density at radius 2 is 2.05 bits per heavy atom. The van der Waals surface area contributed by atoms with Crippen LogP contribution in [0, 0.1) is 12.3 Å². The standard InChI is InChI=1S/C16H23NO3/c1-13-5-7-14(8-6-13)20-9-3-4-15(18)17-10-16(2)11-19-12-16/h5-8H,3-4,9-12H2,1-2H3,(H,17,18). The molecule has 2 rings (SSSR count). The predicted molar refractivity (Wildman–Crippen MR) is 77.8 cm³/mol. The molecule has 1 heterocycles. The first-order valence-electron chi connectivity index (χ1n) is 7.11. The normalized spacial score (nSPS) is 16.3. The number of hydrogen-bond donors (Lipinski definition) is 1. The first kappa shape index (κ1) is 14.9. The Morgan fingerprint density at radius 3 is 2.65 bits per heavy atom. The van der Waals surface area contributed by atoms with Gasteiger partial charge in [-0.25, -0.2) is 0 Å². The van der Waals surface area contributed by atoms with Crippen molar-refractivity contribution >= 4 is 5.91 Å². The first-order valence-corrected chi connectivity index (χ1v) is 7.11. The average Bonchev–Trinajstić information content (AvgIpc) is 2.41. The van der Waals surface area contributed by atoms with Gasteiger partial charge in [-0.15, -0.1) is 0 Å². The van der Waals surface area contributed by atoms with E-state index in [0.29, 0.717) is 19.6 Å². The van der Waals surface area contributed by atoms with Crippen molar-refractivity contribution in [2.75, 3.05) is 26.4 Å². The molecule has 1 saturated heterocycles. The number of benzene rings is 1. The summed E-state index contributed by atoms with van der Waals surface area (Å²) in [6.45, 7) is 6.91. The zero-order chi connectivity index (χ0) is 14.4. The zero-order valence-electron chi connectivity index (χ0n) is 12.3. The quantitative estimate of drug-likeness (QED) is 0.778. The third-order valence-corrected chi connectivity index (χ3v) is 3.45. The Morgan fingerprint density at radius 1 is 1.35 bits per heavy atom.